The normalized spacial score (nSPS) is 18.8. The van der Waals surface area contributed by atoms with Crippen LogP contribution in [0.3, 0.4) is 0 Å². The number of carbonyl (C=O) groups is 4. The topological polar surface area (TPSA) is 98.3 Å². The monoisotopic (exact) mass is 1360 g/mol. The summed E-state index contributed by atoms with van der Waals surface area (Å²) >= 11 is 25.3. The number of hydrogen-bond donors (Lipinski definition) is 4. The average molecular weight is 1360 g/mol. The molecule has 0 aliphatic carbocycles. The molecular formula is C72H133NaO5S8. The van der Waals surface area contributed by atoms with Crippen molar-refractivity contribution in [3.63, 3.8) is 0 Å². The van der Waals surface area contributed by atoms with Crippen molar-refractivity contribution in [2.75, 3.05) is 11.5 Å². The molecule has 0 amide bonds. The van der Waals surface area contributed by atoms with E-state index in [-0.39, 0.29) is 108 Å². The van der Waals surface area contributed by atoms with Gasteiger partial charge in [0.05, 0.1) is 0 Å². The van der Waals surface area contributed by atoms with Crippen LogP contribution in [0.1, 0.15) is 294 Å². The molecule has 0 aliphatic heterocycles. The van der Waals surface area contributed by atoms with Gasteiger partial charge in [-0.3, -0.25) is 19.2 Å². The molecule has 500 valence electrons. The zero-order valence-electron chi connectivity index (χ0n) is 59.7. The van der Waals surface area contributed by atoms with E-state index in [1.54, 1.807) is 27.7 Å². The van der Waals surface area contributed by atoms with Gasteiger partial charge in [0.2, 0.25) is 0 Å². The smallest absolute Gasteiger partial charge is 0.870 e. The Morgan fingerprint density at radius 1 is 0.535 bits per heavy atom. The Morgan fingerprint density at radius 2 is 0.988 bits per heavy atom. The molecule has 0 rings (SSSR count). The third kappa shape index (κ3) is 42.7. The Hall–Kier alpha value is 1.40. The van der Waals surface area contributed by atoms with Crippen LogP contribution < -0.4 is 29.6 Å². The van der Waals surface area contributed by atoms with Crippen molar-refractivity contribution in [1.82, 2.24) is 0 Å². The second-order valence-corrected chi connectivity index (χ2v) is 38.4. The summed E-state index contributed by atoms with van der Waals surface area (Å²) in [4.78, 5) is 48.4. The maximum absolute atomic E-state index is 12.4. The van der Waals surface area contributed by atoms with E-state index in [1.807, 2.05) is 0 Å². The summed E-state index contributed by atoms with van der Waals surface area (Å²) in [5.41, 5.74) is 3.15. The summed E-state index contributed by atoms with van der Waals surface area (Å²) in [5, 5.41) is 1.81. The Balaban J connectivity index is -0.000000794. The number of rotatable bonds is 44. The second-order valence-electron chi connectivity index (χ2n) is 29.5. The molecule has 0 fully saturated rings. The fourth-order valence-electron chi connectivity index (χ4n) is 12.7. The van der Waals surface area contributed by atoms with Crippen molar-refractivity contribution in [3.8, 4) is 0 Å². The predicted octanol–water partition coefficient (Wildman–Crippen LogP) is 20.9. The van der Waals surface area contributed by atoms with Crippen molar-refractivity contribution in [2.24, 2.45) is 44.3 Å². The van der Waals surface area contributed by atoms with Crippen molar-refractivity contribution in [3.05, 3.63) is 48.6 Å². The van der Waals surface area contributed by atoms with Crippen LogP contribution in [0.15, 0.2) is 48.6 Å². The molecule has 0 saturated carbocycles. The largest absolute Gasteiger partial charge is 1.00 e. The van der Waals surface area contributed by atoms with Gasteiger partial charge in [0.1, 0.15) is 0 Å². The Kier molecular flexibility index (Phi) is 49.9. The zero-order valence-corrected chi connectivity index (χ0v) is 68.5. The van der Waals surface area contributed by atoms with Crippen LogP contribution in [0.5, 0.6) is 0 Å². The quantitative estimate of drug-likeness (QED) is 0.0270. The van der Waals surface area contributed by atoms with Gasteiger partial charge in [0, 0.05) is 63.9 Å². The van der Waals surface area contributed by atoms with Gasteiger partial charge in [0.15, 0.2) is 20.5 Å². The molecule has 0 saturated heterocycles. The van der Waals surface area contributed by atoms with Gasteiger partial charge in [-0.2, -0.15) is 50.5 Å². The van der Waals surface area contributed by atoms with Crippen LogP contribution in [0.2, 0.25) is 0 Å². The third-order valence-electron chi connectivity index (χ3n) is 18.9. The van der Waals surface area contributed by atoms with E-state index in [0.717, 1.165) is 134 Å². The van der Waals surface area contributed by atoms with Crippen LogP contribution in [0, 0.1) is 44.3 Å². The summed E-state index contributed by atoms with van der Waals surface area (Å²) < 4.78 is 0.0352. The Morgan fingerprint density at radius 3 is 1.43 bits per heavy atom. The zero-order chi connectivity index (χ0) is 65.6. The number of carbonyl (C=O) groups excluding carboxylic acids is 4. The molecule has 0 aliphatic rings. The van der Waals surface area contributed by atoms with Gasteiger partial charge in [-0.1, -0.05) is 199 Å². The fraction of sp³-hybridized carbons (Fsp3) is 0.833. The predicted molar refractivity (Wildman–Crippen MR) is 403 cm³/mol. The Labute approximate surface area is 595 Å². The van der Waals surface area contributed by atoms with E-state index in [1.165, 1.54) is 77.5 Å². The molecule has 1 N–H and O–H groups in total. The molecule has 12 atom stereocenters. The first-order valence-electron chi connectivity index (χ1n) is 32.4. The van der Waals surface area contributed by atoms with Crippen LogP contribution in [-0.2, 0) is 19.2 Å². The van der Waals surface area contributed by atoms with Gasteiger partial charge in [0.25, 0.3) is 0 Å². The van der Waals surface area contributed by atoms with Crippen molar-refractivity contribution < 1.29 is 54.2 Å². The van der Waals surface area contributed by atoms with Crippen molar-refractivity contribution in [2.45, 2.75) is 324 Å². The molecule has 0 aromatic rings. The average Bonchev–Trinajstić information content (AvgIpc) is 3.04. The van der Waals surface area contributed by atoms with Crippen LogP contribution in [0.4, 0.5) is 0 Å². The number of hydrogen-bond acceptors (Lipinski definition) is 13. The second kappa shape index (κ2) is 45.7. The summed E-state index contributed by atoms with van der Waals surface area (Å²) in [5.74, 6) is 2.68. The molecule has 0 heterocycles. The van der Waals surface area contributed by atoms with E-state index in [9.17, 15) is 19.2 Å². The fourth-order valence-corrected chi connectivity index (χ4v) is 17.9. The first kappa shape index (κ1) is 93.8. The minimum atomic E-state index is -0.140. The number of allylic oxidation sites excluding steroid dienone is 6. The number of thioether (sulfide) groups is 4. The minimum Gasteiger partial charge on any atom is -0.870 e. The standard InChI is InChI=1S/C40H70O4S4.C32H62S4.Na.H2O/c1-15-29(3)19-17-22-40(14,48-35(9)44)23-18-20-30(4)36(47-34(8)43)21-24-38(12,16-2)28-39(13,25-26-45-32(6)41)27-37(10,11)31(5)46-33(7)42;1-11-25(3)15-13-18-32(10,36)19-14-16-26(4)28(35)17-20-30(8,12-2)24-31(9,21-22-33)23-29(6,7)27(5)34;;/h16,19,30-31,36H,2,15,17-18,20-28H2,1,3-14H3;12,15,26-28,33-36H,2,11,13-14,16-24H2,1,3-10H3;;1H2/q;;+1;/p-1/b29-19+;25-15+;;. The molecule has 86 heavy (non-hydrogen) atoms. The van der Waals surface area contributed by atoms with Crippen LogP contribution in [0.25, 0.3) is 0 Å². The van der Waals surface area contributed by atoms with Crippen LogP contribution in [-0.4, -0.2) is 67.9 Å². The van der Waals surface area contributed by atoms with E-state index in [4.69, 9.17) is 37.9 Å². The van der Waals surface area contributed by atoms with Gasteiger partial charge in [-0.05, 0) is 199 Å². The van der Waals surface area contributed by atoms with Gasteiger partial charge in [-0.15, -0.1) is 13.2 Å². The summed E-state index contributed by atoms with van der Waals surface area (Å²) in [6.45, 7) is 56.4. The van der Waals surface area contributed by atoms with E-state index >= 15 is 0 Å². The van der Waals surface area contributed by atoms with Gasteiger partial charge >= 0.3 is 29.6 Å². The SMILES string of the molecule is C=CC(C)(CCC(S)C(C)CCCC(C)(S)CC/C=C(\C)CC)CC(C)(CCS)CC(C)(C)C(C)S.C=CC(C)(CCC(SC(C)=O)C(C)CCCC(C)(CC/C=C(\C)CC)SC(C)=O)CC(C)(CCSC(C)=O)CC(C)(C)C(C)SC(C)=O.[Na+].[OH-]. The van der Waals surface area contributed by atoms with Crippen molar-refractivity contribution >= 4 is 118 Å². The first-order chi connectivity index (χ1) is 38.5. The summed E-state index contributed by atoms with van der Waals surface area (Å²) in [6.07, 6.45) is 32.5. The van der Waals surface area contributed by atoms with Crippen molar-refractivity contribution in [1.29, 1.82) is 0 Å². The molecular weight excluding hydrogens is 1220 g/mol. The van der Waals surface area contributed by atoms with Gasteiger partial charge in [-0.25, -0.2) is 0 Å². The number of thiol groups is 4. The molecule has 12 unspecified atom stereocenters. The van der Waals surface area contributed by atoms with Gasteiger partial charge < -0.3 is 5.48 Å². The molecule has 0 aromatic heterocycles. The minimum absolute atomic E-state index is 0. The summed E-state index contributed by atoms with van der Waals surface area (Å²) in [7, 11) is 0. The van der Waals surface area contributed by atoms with E-state index < -0.39 is 0 Å². The maximum Gasteiger partial charge on any atom is 1.00 e. The molecule has 0 spiro atoms. The first-order valence-corrected chi connectivity index (χ1v) is 38.1. The molecule has 14 heteroatoms. The van der Waals surface area contributed by atoms with E-state index in [2.05, 4.69) is 175 Å². The molecule has 0 radical (unpaired) electrons. The maximum atomic E-state index is 12.4. The van der Waals surface area contributed by atoms with E-state index in [0.29, 0.717) is 22.3 Å². The molecule has 0 bridgehead atoms. The van der Waals surface area contributed by atoms with Crippen LogP contribution >= 0.6 is 97.6 Å². The molecule has 5 nitrogen and oxygen atoms in total. The summed E-state index contributed by atoms with van der Waals surface area (Å²) in [6, 6.07) is 0. The molecule has 0 aromatic carbocycles. The third-order valence-corrected chi connectivity index (χ3v) is 25.7. The Bertz CT molecular complexity index is 2020.